The fourth-order valence-corrected chi connectivity index (χ4v) is 2.36. The van der Waals surface area contributed by atoms with E-state index in [4.69, 9.17) is 16.3 Å². The molecule has 1 aromatic heterocycles. The van der Waals surface area contributed by atoms with E-state index in [0.29, 0.717) is 49.8 Å². The first kappa shape index (κ1) is 18.0. The van der Waals surface area contributed by atoms with Gasteiger partial charge in [-0.1, -0.05) is 29.8 Å². The minimum absolute atomic E-state index is 0.334. The Morgan fingerprint density at radius 3 is 2.32 bits per heavy atom. The summed E-state index contributed by atoms with van der Waals surface area (Å²) in [5.74, 6) is 1.09. The van der Waals surface area contributed by atoms with Gasteiger partial charge in [-0.3, -0.25) is 0 Å². The minimum Gasteiger partial charge on any atom is -0.393 e. The number of aryl methyl sites for hydroxylation is 1. The van der Waals surface area contributed by atoms with Crippen molar-refractivity contribution >= 4 is 17.3 Å². The van der Waals surface area contributed by atoms with Crippen LogP contribution in [-0.4, -0.2) is 23.1 Å². The van der Waals surface area contributed by atoms with Crippen molar-refractivity contribution in [2.45, 2.75) is 26.3 Å². The zero-order chi connectivity index (χ0) is 18.1. The van der Waals surface area contributed by atoms with Crippen molar-refractivity contribution in [2.24, 2.45) is 0 Å². The third-order valence-electron chi connectivity index (χ3n) is 3.73. The van der Waals surface area contributed by atoms with Crippen molar-refractivity contribution in [2.75, 3.05) is 29.0 Å². The van der Waals surface area contributed by atoms with Crippen LogP contribution in [0.3, 0.4) is 0 Å². The van der Waals surface area contributed by atoms with Crippen molar-refractivity contribution in [3.05, 3.63) is 41.7 Å². The van der Waals surface area contributed by atoms with Gasteiger partial charge in [0, 0.05) is 19.6 Å². The number of benzene rings is 1. The summed E-state index contributed by atoms with van der Waals surface area (Å²) >= 11 is 0. The van der Waals surface area contributed by atoms with E-state index in [1.54, 1.807) is 0 Å². The maximum absolute atomic E-state index is 8.82. The molecule has 0 amide bonds. The lowest BCUT2D eigenvalue weighted by molar-refractivity contribution is 0.781. The van der Waals surface area contributed by atoms with E-state index >= 15 is 0 Å². The Kier molecular flexibility index (Phi) is 6.56. The van der Waals surface area contributed by atoms with Gasteiger partial charge in [-0.05, 0) is 12.5 Å². The second-order valence-corrected chi connectivity index (χ2v) is 5.60. The van der Waals surface area contributed by atoms with Crippen molar-refractivity contribution in [1.29, 1.82) is 10.5 Å². The minimum atomic E-state index is 0.334. The summed E-state index contributed by atoms with van der Waals surface area (Å²) in [6.45, 7) is 3.58. The molecule has 0 radical (unpaired) electrons. The number of nitrogen functional groups attached to an aromatic ring is 1. The number of anilines is 3. The number of aromatic nitrogens is 2. The van der Waals surface area contributed by atoms with E-state index in [9.17, 15) is 0 Å². The highest BCUT2D eigenvalue weighted by Crippen LogP contribution is 2.26. The van der Waals surface area contributed by atoms with Crippen molar-refractivity contribution in [3.8, 4) is 12.1 Å². The Morgan fingerprint density at radius 2 is 1.72 bits per heavy atom. The molecule has 0 aliphatic rings. The van der Waals surface area contributed by atoms with Gasteiger partial charge in [0.15, 0.2) is 11.6 Å². The summed E-state index contributed by atoms with van der Waals surface area (Å²) in [7, 11) is 0. The Hall–Kier alpha value is -3.32. The van der Waals surface area contributed by atoms with Gasteiger partial charge in [-0.2, -0.15) is 10.5 Å². The van der Waals surface area contributed by atoms with E-state index in [-0.39, 0.29) is 0 Å². The number of nitrogens with two attached hydrogens (primary N) is 1. The van der Waals surface area contributed by atoms with Crippen LogP contribution < -0.4 is 16.0 Å². The smallest absolute Gasteiger partial charge is 0.157 e. The number of hydrogen-bond donors (Lipinski definition) is 2. The SMILES string of the molecule is Cc1ccc(CNc2ncnc(N(CCC#N)CCC#N)c2N)cc1. The summed E-state index contributed by atoms with van der Waals surface area (Å²) < 4.78 is 0. The molecule has 0 unspecified atom stereocenters. The van der Waals surface area contributed by atoms with Gasteiger partial charge in [0.2, 0.25) is 0 Å². The van der Waals surface area contributed by atoms with Gasteiger partial charge < -0.3 is 16.0 Å². The number of nitrogens with zero attached hydrogens (tertiary/aromatic N) is 5. The largest absolute Gasteiger partial charge is 0.393 e. The highest BCUT2D eigenvalue weighted by Gasteiger charge is 2.15. The van der Waals surface area contributed by atoms with Gasteiger partial charge in [0.05, 0.1) is 25.0 Å². The van der Waals surface area contributed by atoms with Crippen LogP contribution in [0, 0.1) is 29.6 Å². The van der Waals surface area contributed by atoms with Gasteiger partial charge >= 0.3 is 0 Å². The Bertz CT molecular complexity index is 753. The summed E-state index contributed by atoms with van der Waals surface area (Å²) in [5, 5.41) is 20.9. The molecular formula is C18H21N7. The van der Waals surface area contributed by atoms with Crippen molar-refractivity contribution < 1.29 is 0 Å². The fourth-order valence-electron chi connectivity index (χ4n) is 2.36. The standard InChI is InChI=1S/C18H21N7/c1-14-4-6-15(7-5-14)12-22-17-16(21)18(24-13-23-17)25(10-2-8-19)11-3-9-20/h4-7,13H,2-3,10-12,21H2,1H3,(H,22,23,24). The highest BCUT2D eigenvalue weighted by molar-refractivity contribution is 5.74. The Morgan fingerprint density at radius 1 is 1.08 bits per heavy atom. The predicted molar refractivity (Wildman–Crippen MR) is 97.6 cm³/mol. The Balaban J connectivity index is 2.14. The van der Waals surface area contributed by atoms with Gasteiger partial charge in [0.25, 0.3) is 0 Å². The topological polar surface area (TPSA) is 115 Å². The van der Waals surface area contributed by atoms with Gasteiger partial charge in [-0.25, -0.2) is 9.97 Å². The molecule has 1 heterocycles. The highest BCUT2D eigenvalue weighted by atomic mass is 15.2. The second kappa shape index (κ2) is 9.09. The molecule has 3 N–H and O–H groups in total. The first-order chi connectivity index (χ1) is 12.2. The van der Waals surface area contributed by atoms with Crippen LogP contribution in [0.5, 0.6) is 0 Å². The number of nitrogens with one attached hydrogen (secondary N) is 1. The quantitative estimate of drug-likeness (QED) is 0.762. The molecule has 0 atom stereocenters. The lowest BCUT2D eigenvalue weighted by atomic mass is 10.1. The van der Waals surface area contributed by atoms with Crippen LogP contribution in [-0.2, 0) is 6.54 Å². The summed E-state index contributed by atoms with van der Waals surface area (Å²) in [6, 6.07) is 12.4. The molecule has 7 heteroatoms. The first-order valence-electron chi connectivity index (χ1n) is 8.04. The van der Waals surface area contributed by atoms with Gasteiger partial charge in [0.1, 0.15) is 12.0 Å². The van der Waals surface area contributed by atoms with E-state index in [1.165, 1.54) is 11.9 Å². The molecule has 0 saturated carbocycles. The fraction of sp³-hybridized carbons (Fsp3) is 0.333. The van der Waals surface area contributed by atoms with E-state index in [2.05, 4.69) is 39.6 Å². The second-order valence-electron chi connectivity index (χ2n) is 5.60. The molecule has 0 aliphatic heterocycles. The molecule has 2 rings (SSSR count). The van der Waals surface area contributed by atoms with Gasteiger partial charge in [-0.15, -0.1) is 0 Å². The number of hydrogen-bond acceptors (Lipinski definition) is 7. The Labute approximate surface area is 147 Å². The normalized spacial score (nSPS) is 9.88. The zero-order valence-electron chi connectivity index (χ0n) is 14.2. The molecule has 0 bridgehead atoms. The molecule has 0 fully saturated rings. The van der Waals surface area contributed by atoms with Crippen LogP contribution in [0.15, 0.2) is 30.6 Å². The summed E-state index contributed by atoms with van der Waals surface area (Å²) in [4.78, 5) is 10.3. The van der Waals surface area contributed by atoms with E-state index < -0.39 is 0 Å². The van der Waals surface area contributed by atoms with Crippen LogP contribution in [0.25, 0.3) is 0 Å². The average Bonchev–Trinajstić information content (AvgIpc) is 2.63. The lowest BCUT2D eigenvalue weighted by Crippen LogP contribution is -2.27. The van der Waals surface area contributed by atoms with E-state index in [1.807, 2.05) is 24.0 Å². The molecule has 1 aromatic carbocycles. The van der Waals surface area contributed by atoms with Crippen LogP contribution >= 0.6 is 0 Å². The van der Waals surface area contributed by atoms with E-state index in [0.717, 1.165) is 5.56 Å². The molecule has 2 aromatic rings. The third-order valence-corrected chi connectivity index (χ3v) is 3.73. The summed E-state index contributed by atoms with van der Waals surface area (Å²) in [5.41, 5.74) is 8.97. The third kappa shape index (κ3) is 5.08. The predicted octanol–water partition coefficient (Wildman–Crippen LogP) is 2.61. The maximum atomic E-state index is 8.82. The molecule has 0 aliphatic carbocycles. The van der Waals surface area contributed by atoms with Crippen LogP contribution in [0.1, 0.15) is 24.0 Å². The van der Waals surface area contributed by atoms with Crippen LogP contribution in [0.2, 0.25) is 0 Å². The maximum Gasteiger partial charge on any atom is 0.157 e. The zero-order valence-corrected chi connectivity index (χ0v) is 14.2. The molecule has 0 saturated heterocycles. The number of rotatable bonds is 8. The monoisotopic (exact) mass is 335 g/mol. The van der Waals surface area contributed by atoms with Crippen molar-refractivity contribution in [3.63, 3.8) is 0 Å². The summed E-state index contributed by atoms with van der Waals surface area (Å²) in [6.07, 6.45) is 2.11. The van der Waals surface area contributed by atoms with Crippen LogP contribution in [0.4, 0.5) is 17.3 Å². The van der Waals surface area contributed by atoms with Crippen molar-refractivity contribution in [1.82, 2.24) is 9.97 Å². The molecule has 0 spiro atoms. The number of nitriles is 2. The molecule has 128 valence electrons. The first-order valence-corrected chi connectivity index (χ1v) is 8.04. The lowest BCUT2D eigenvalue weighted by Gasteiger charge is -2.23. The molecular weight excluding hydrogens is 314 g/mol. The molecule has 25 heavy (non-hydrogen) atoms. The molecule has 7 nitrogen and oxygen atoms in total. The average molecular weight is 335 g/mol.